The lowest BCUT2D eigenvalue weighted by Crippen LogP contribution is -2.48. The number of hydrogen-bond donors (Lipinski definition) is 0. The first-order valence-electron chi connectivity index (χ1n) is 10.2. The molecule has 0 spiro atoms. The van der Waals surface area contributed by atoms with Crippen LogP contribution >= 0.6 is 0 Å². The second-order valence-electron chi connectivity index (χ2n) is 7.37. The predicted molar refractivity (Wildman–Crippen MR) is 113 cm³/mol. The molecule has 156 valence electrons. The molecule has 0 aliphatic carbocycles. The molecular weight excluding hydrogens is 380 g/mol. The van der Waals surface area contributed by atoms with Crippen LogP contribution in [0.4, 0.5) is 0 Å². The topological polar surface area (TPSA) is 76.4 Å². The van der Waals surface area contributed by atoms with Gasteiger partial charge in [0.1, 0.15) is 5.75 Å². The summed E-state index contributed by atoms with van der Waals surface area (Å²) in [6.07, 6.45) is 0. The number of carbonyl (C=O) groups excluding carboxylic acids is 1. The quantitative estimate of drug-likeness (QED) is 0.625. The van der Waals surface area contributed by atoms with Crippen LogP contribution in [0.2, 0.25) is 0 Å². The smallest absolute Gasteiger partial charge is 0.253 e. The number of amides is 1. The van der Waals surface area contributed by atoms with Crippen LogP contribution in [0, 0.1) is 6.92 Å². The maximum absolute atomic E-state index is 12.7. The molecule has 0 unspecified atom stereocenters. The molecule has 0 saturated carbocycles. The van der Waals surface area contributed by atoms with Gasteiger partial charge in [-0.3, -0.25) is 9.69 Å². The second kappa shape index (κ2) is 9.04. The number of nitrogens with zero attached hydrogens (tertiary/aromatic N) is 6. The third-order valence-corrected chi connectivity index (χ3v) is 5.22. The van der Waals surface area contributed by atoms with Crippen LogP contribution in [0.3, 0.4) is 0 Å². The van der Waals surface area contributed by atoms with Crippen LogP contribution < -0.4 is 4.74 Å². The predicted octanol–water partition coefficient (Wildman–Crippen LogP) is 2.33. The average Bonchev–Trinajstić information content (AvgIpc) is 3.23. The molecule has 0 atom stereocenters. The Morgan fingerprint density at radius 1 is 1.07 bits per heavy atom. The van der Waals surface area contributed by atoms with Crippen LogP contribution in [-0.2, 0) is 6.54 Å². The maximum atomic E-state index is 12.7. The molecule has 0 N–H and O–H groups in total. The Bertz CT molecular complexity index is 993. The van der Waals surface area contributed by atoms with Gasteiger partial charge in [-0.2, -0.15) is 4.68 Å². The van der Waals surface area contributed by atoms with E-state index < -0.39 is 0 Å². The number of aryl methyl sites for hydroxylation is 1. The summed E-state index contributed by atoms with van der Waals surface area (Å²) in [6, 6.07) is 15.5. The highest BCUT2D eigenvalue weighted by Crippen LogP contribution is 2.17. The fraction of sp³-hybridized carbons (Fsp3) is 0.364. The maximum Gasteiger partial charge on any atom is 0.253 e. The van der Waals surface area contributed by atoms with Crippen molar-refractivity contribution in [1.29, 1.82) is 0 Å². The zero-order valence-electron chi connectivity index (χ0n) is 17.4. The Morgan fingerprint density at radius 3 is 2.53 bits per heavy atom. The highest BCUT2D eigenvalue weighted by atomic mass is 16.5. The van der Waals surface area contributed by atoms with Crippen molar-refractivity contribution in [2.75, 3.05) is 32.8 Å². The first-order valence-corrected chi connectivity index (χ1v) is 10.2. The fourth-order valence-corrected chi connectivity index (χ4v) is 3.62. The van der Waals surface area contributed by atoms with E-state index in [4.69, 9.17) is 4.74 Å². The van der Waals surface area contributed by atoms with Gasteiger partial charge in [0.25, 0.3) is 5.91 Å². The molecule has 8 nitrogen and oxygen atoms in total. The van der Waals surface area contributed by atoms with Gasteiger partial charge >= 0.3 is 0 Å². The van der Waals surface area contributed by atoms with Crippen LogP contribution in [0.1, 0.15) is 28.7 Å². The third kappa shape index (κ3) is 4.49. The summed E-state index contributed by atoms with van der Waals surface area (Å²) >= 11 is 0. The fourth-order valence-electron chi connectivity index (χ4n) is 3.62. The SMILES string of the molecule is CCOc1ccc(-n2nnnc2CN2CCN(C(=O)c3cccc(C)c3)CC2)cc1. The molecule has 30 heavy (non-hydrogen) atoms. The Labute approximate surface area is 176 Å². The van der Waals surface area contributed by atoms with Crippen molar-refractivity contribution in [3.8, 4) is 11.4 Å². The minimum Gasteiger partial charge on any atom is -0.494 e. The lowest BCUT2D eigenvalue weighted by Gasteiger charge is -2.34. The largest absolute Gasteiger partial charge is 0.494 e. The number of carbonyl (C=O) groups is 1. The number of benzene rings is 2. The molecule has 2 aromatic carbocycles. The number of ether oxygens (including phenoxy) is 1. The molecule has 1 aliphatic rings. The molecule has 1 fully saturated rings. The van der Waals surface area contributed by atoms with Gasteiger partial charge in [0, 0.05) is 31.7 Å². The van der Waals surface area contributed by atoms with Crippen LogP contribution in [0.5, 0.6) is 5.75 Å². The van der Waals surface area contributed by atoms with Gasteiger partial charge in [-0.05, 0) is 60.7 Å². The zero-order valence-corrected chi connectivity index (χ0v) is 17.4. The van der Waals surface area contributed by atoms with E-state index in [0.717, 1.165) is 41.5 Å². The summed E-state index contributed by atoms with van der Waals surface area (Å²) in [5.41, 5.74) is 2.75. The number of piperazine rings is 1. The molecule has 1 saturated heterocycles. The Balaban J connectivity index is 1.37. The number of aromatic nitrogens is 4. The van der Waals surface area contributed by atoms with Gasteiger partial charge in [0.2, 0.25) is 0 Å². The molecule has 1 amide bonds. The van der Waals surface area contributed by atoms with E-state index in [1.165, 1.54) is 0 Å². The summed E-state index contributed by atoms with van der Waals surface area (Å²) in [4.78, 5) is 16.9. The molecule has 0 radical (unpaired) electrons. The molecule has 1 aliphatic heterocycles. The van der Waals surface area contributed by atoms with E-state index in [-0.39, 0.29) is 5.91 Å². The summed E-state index contributed by atoms with van der Waals surface area (Å²) < 4.78 is 7.25. The van der Waals surface area contributed by atoms with Gasteiger partial charge in [-0.1, -0.05) is 17.7 Å². The lowest BCUT2D eigenvalue weighted by molar-refractivity contribution is 0.0624. The van der Waals surface area contributed by atoms with Gasteiger partial charge in [-0.15, -0.1) is 5.10 Å². The first-order chi connectivity index (χ1) is 14.6. The number of hydrogen-bond acceptors (Lipinski definition) is 6. The van der Waals surface area contributed by atoms with Crippen molar-refractivity contribution in [2.24, 2.45) is 0 Å². The van der Waals surface area contributed by atoms with Crippen molar-refractivity contribution in [1.82, 2.24) is 30.0 Å². The van der Waals surface area contributed by atoms with Gasteiger partial charge in [-0.25, -0.2) is 0 Å². The van der Waals surface area contributed by atoms with E-state index in [1.54, 1.807) is 4.68 Å². The van der Waals surface area contributed by atoms with Crippen molar-refractivity contribution in [3.05, 3.63) is 65.5 Å². The average molecular weight is 406 g/mol. The van der Waals surface area contributed by atoms with E-state index in [2.05, 4.69) is 20.4 Å². The summed E-state index contributed by atoms with van der Waals surface area (Å²) in [5, 5.41) is 12.2. The summed E-state index contributed by atoms with van der Waals surface area (Å²) in [5.74, 6) is 1.69. The normalized spacial score (nSPS) is 14.7. The van der Waals surface area contributed by atoms with Crippen molar-refractivity contribution in [2.45, 2.75) is 20.4 Å². The Kier molecular flexibility index (Phi) is 6.04. The second-order valence-corrected chi connectivity index (χ2v) is 7.37. The van der Waals surface area contributed by atoms with Gasteiger partial charge in [0.15, 0.2) is 5.82 Å². The molecular formula is C22H26N6O2. The molecule has 4 rings (SSSR count). The number of tetrazole rings is 1. The highest BCUT2D eigenvalue weighted by Gasteiger charge is 2.23. The molecule has 0 bridgehead atoms. The molecule has 2 heterocycles. The Morgan fingerprint density at radius 2 is 1.83 bits per heavy atom. The van der Waals surface area contributed by atoms with E-state index in [1.807, 2.05) is 67.3 Å². The molecule has 8 heteroatoms. The van der Waals surface area contributed by atoms with Gasteiger partial charge in [0.05, 0.1) is 18.8 Å². The highest BCUT2D eigenvalue weighted by molar-refractivity contribution is 5.94. The third-order valence-electron chi connectivity index (χ3n) is 5.22. The standard InChI is InChI=1S/C22H26N6O2/c1-3-30-20-9-7-19(8-10-20)28-21(23-24-25-28)16-26-11-13-27(14-12-26)22(29)18-6-4-5-17(2)15-18/h4-10,15H,3,11-14,16H2,1-2H3. The summed E-state index contributed by atoms with van der Waals surface area (Å²) in [7, 11) is 0. The lowest BCUT2D eigenvalue weighted by atomic mass is 10.1. The minimum absolute atomic E-state index is 0.0950. The van der Waals surface area contributed by atoms with E-state index in [9.17, 15) is 4.79 Å². The molecule has 1 aromatic heterocycles. The van der Waals surface area contributed by atoms with Crippen molar-refractivity contribution in [3.63, 3.8) is 0 Å². The minimum atomic E-state index is 0.0950. The summed E-state index contributed by atoms with van der Waals surface area (Å²) in [6.45, 7) is 8.18. The zero-order chi connectivity index (χ0) is 20.9. The number of rotatable bonds is 6. The van der Waals surface area contributed by atoms with E-state index in [0.29, 0.717) is 26.2 Å². The van der Waals surface area contributed by atoms with Crippen molar-refractivity contribution < 1.29 is 9.53 Å². The monoisotopic (exact) mass is 406 g/mol. The molecule has 3 aromatic rings. The first kappa shape index (κ1) is 20.0. The van der Waals surface area contributed by atoms with E-state index >= 15 is 0 Å². The van der Waals surface area contributed by atoms with Gasteiger partial charge < -0.3 is 9.64 Å². The van der Waals surface area contributed by atoms with Crippen molar-refractivity contribution >= 4 is 5.91 Å². The Hall–Kier alpha value is -3.26. The van der Waals surface area contributed by atoms with Crippen LogP contribution in [0.15, 0.2) is 48.5 Å². The van der Waals surface area contributed by atoms with Crippen LogP contribution in [-0.4, -0.2) is 68.7 Å². The van der Waals surface area contributed by atoms with Crippen LogP contribution in [0.25, 0.3) is 5.69 Å².